The molecule has 0 saturated heterocycles. The third-order valence-electron chi connectivity index (χ3n) is 2.75. The Bertz CT molecular complexity index is 606. The third-order valence-corrected chi connectivity index (χ3v) is 4.91. The maximum absolute atomic E-state index is 4.43. The average Bonchev–Trinajstić information content (AvgIpc) is 2.95. The molecular formula is C12H13N3S2. The van der Waals surface area contributed by atoms with Gasteiger partial charge in [-0.1, -0.05) is 0 Å². The minimum atomic E-state index is 0.195. The van der Waals surface area contributed by atoms with Crippen molar-refractivity contribution in [1.29, 1.82) is 0 Å². The molecule has 1 N–H and O–H groups in total. The molecule has 0 saturated carbocycles. The predicted molar refractivity (Wildman–Crippen MR) is 73.8 cm³/mol. The molecule has 5 heteroatoms. The van der Waals surface area contributed by atoms with E-state index in [9.17, 15) is 0 Å². The van der Waals surface area contributed by atoms with Gasteiger partial charge in [-0.05, 0) is 24.6 Å². The van der Waals surface area contributed by atoms with Gasteiger partial charge in [0.1, 0.15) is 0 Å². The topological polar surface area (TPSA) is 29.9 Å². The Morgan fingerprint density at radius 2 is 2.29 bits per heavy atom. The Hall–Kier alpha value is -1.17. The minimum Gasteiger partial charge on any atom is -0.340 e. The summed E-state index contributed by atoms with van der Waals surface area (Å²) in [6.45, 7) is 0. The molecule has 0 aromatic carbocycles. The number of thiophene rings is 2. The highest BCUT2D eigenvalue weighted by atomic mass is 32.1. The van der Waals surface area contributed by atoms with Crippen molar-refractivity contribution in [3.63, 3.8) is 0 Å². The van der Waals surface area contributed by atoms with Crippen molar-refractivity contribution in [1.82, 2.24) is 14.9 Å². The Morgan fingerprint density at radius 3 is 2.94 bits per heavy atom. The van der Waals surface area contributed by atoms with E-state index in [1.807, 2.05) is 36.3 Å². The summed E-state index contributed by atoms with van der Waals surface area (Å²) in [6, 6.07) is 4.64. The van der Waals surface area contributed by atoms with E-state index in [1.54, 1.807) is 11.3 Å². The van der Waals surface area contributed by atoms with Crippen LogP contribution < -0.4 is 5.32 Å². The fraction of sp³-hybridized carbons (Fsp3) is 0.250. The number of imidazole rings is 1. The summed E-state index contributed by atoms with van der Waals surface area (Å²) in [5.41, 5.74) is 1.07. The van der Waals surface area contributed by atoms with Gasteiger partial charge in [-0.3, -0.25) is 0 Å². The molecule has 3 aromatic heterocycles. The first-order valence-corrected chi connectivity index (χ1v) is 7.09. The molecule has 88 valence electrons. The fourth-order valence-corrected chi connectivity index (χ4v) is 4.19. The van der Waals surface area contributed by atoms with E-state index in [-0.39, 0.29) is 6.04 Å². The molecule has 3 nitrogen and oxygen atoms in total. The Kier molecular flexibility index (Phi) is 2.74. The zero-order valence-corrected chi connectivity index (χ0v) is 11.3. The lowest BCUT2D eigenvalue weighted by Gasteiger charge is -2.11. The minimum absolute atomic E-state index is 0.195. The maximum Gasteiger partial charge on any atom is 0.0947 e. The highest BCUT2D eigenvalue weighted by Crippen LogP contribution is 2.35. The van der Waals surface area contributed by atoms with Crippen LogP contribution in [0.2, 0.25) is 0 Å². The number of hydrogen-bond donors (Lipinski definition) is 1. The number of aromatic nitrogens is 2. The first kappa shape index (κ1) is 11.0. The lowest BCUT2D eigenvalue weighted by molar-refractivity contribution is 0.686. The quantitative estimate of drug-likeness (QED) is 0.787. The normalized spacial score (nSPS) is 13.3. The van der Waals surface area contributed by atoms with Crippen molar-refractivity contribution in [2.24, 2.45) is 7.05 Å². The number of fused-ring (bicyclic) bond motifs is 1. The predicted octanol–water partition coefficient (Wildman–Crippen LogP) is 3.01. The zero-order valence-electron chi connectivity index (χ0n) is 9.68. The standard InChI is InChI=1S/C12H13N3S2/c1-13-12(8-6-15(2)7-14-8)11-5-10-9(17-11)3-4-16-10/h3-7,12-13H,1-2H3. The molecule has 0 fully saturated rings. The van der Waals surface area contributed by atoms with Gasteiger partial charge in [-0.15, -0.1) is 22.7 Å². The van der Waals surface area contributed by atoms with Crippen LogP contribution in [-0.2, 0) is 7.05 Å². The number of nitrogens with zero attached hydrogens (tertiary/aromatic N) is 2. The molecule has 3 aromatic rings. The Morgan fingerprint density at radius 1 is 1.41 bits per heavy atom. The molecular weight excluding hydrogens is 250 g/mol. The lowest BCUT2D eigenvalue weighted by Crippen LogP contribution is -2.16. The van der Waals surface area contributed by atoms with Crippen LogP contribution in [0.3, 0.4) is 0 Å². The number of hydrogen-bond acceptors (Lipinski definition) is 4. The van der Waals surface area contributed by atoms with Crippen LogP contribution in [0.5, 0.6) is 0 Å². The summed E-state index contributed by atoms with van der Waals surface area (Å²) in [5.74, 6) is 0. The molecule has 1 atom stereocenters. The van der Waals surface area contributed by atoms with Gasteiger partial charge in [0.05, 0.1) is 18.1 Å². The van der Waals surface area contributed by atoms with Gasteiger partial charge in [0, 0.05) is 27.5 Å². The molecule has 3 heterocycles. The van der Waals surface area contributed by atoms with E-state index in [0.717, 1.165) is 5.69 Å². The second-order valence-corrected chi connectivity index (χ2v) is 6.05. The number of nitrogens with one attached hydrogen (secondary N) is 1. The summed E-state index contributed by atoms with van der Waals surface area (Å²) in [7, 11) is 3.98. The summed E-state index contributed by atoms with van der Waals surface area (Å²) in [4.78, 5) is 5.76. The van der Waals surface area contributed by atoms with Crippen molar-refractivity contribution in [2.75, 3.05) is 7.05 Å². The van der Waals surface area contributed by atoms with Crippen LogP contribution in [0.25, 0.3) is 9.40 Å². The molecule has 1 unspecified atom stereocenters. The third kappa shape index (κ3) is 1.90. The van der Waals surface area contributed by atoms with E-state index in [1.165, 1.54) is 14.3 Å². The van der Waals surface area contributed by atoms with Crippen LogP contribution >= 0.6 is 22.7 Å². The van der Waals surface area contributed by atoms with E-state index in [0.29, 0.717) is 0 Å². The zero-order chi connectivity index (χ0) is 11.8. The van der Waals surface area contributed by atoms with Crippen molar-refractivity contribution < 1.29 is 0 Å². The summed E-state index contributed by atoms with van der Waals surface area (Å²) in [5, 5.41) is 5.48. The van der Waals surface area contributed by atoms with Crippen molar-refractivity contribution in [2.45, 2.75) is 6.04 Å². The maximum atomic E-state index is 4.43. The molecule has 0 aliphatic carbocycles. The second kappa shape index (κ2) is 4.25. The fourth-order valence-electron chi connectivity index (χ4n) is 1.94. The van der Waals surface area contributed by atoms with Crippen LogP contribution in [0.1, 0.15) is 16.6 Å². The summed E-state index contributed by atoms with van der Waals surface area (Å²) in [6.07, 6.45) is 3.91. The highest BCUT2D eigenvalue weighted by molar-refractivity contribution is 7.27. The van der Waals surface area contributed by atoms with Crippen LogP contribution in [0.15, 0.2) is 30.0 Å². The van der Waals surface area contributed by atoms with E-state index in [4.69, 9.17) is 0 Å². The molecule has 0 spiro atoms. The molecule has 0 amide bonds. The van der Waals surface area contributed by atoms with Gasteiger partial charge in [0.15, 0.2) is 0 Å². The van der Waals surface area contributed by atoms with Crippen molar-refractivity contribution >= 4 is 32.1 Å². The molecule has 0 bridgehead atoms. The van der Waals surface area contributed by atoms with Crippen LogP contribution in [-0.4, -0.2) is 16.6 Å². The first-order valence-electron chi connectivity index (χ1n) is 5.40. The van der Waals surface area contributed by atoms with Gasteiger partial charge in [0.25, 0.3) is 0 Å². The number of rotatable bonds is 3. The first-order chi connectivity index (χ1) is 8.28. The van der Waals surface area contributed by atoms with E-state index >= 15 is 0 Å². The van der Waals surface area contributed by atoms with E-state index in [2.05, 4.69) is 34.0 Å². The average molecular weight is 263 g/mol. The molecule has 17 heavy (non-hydrogen) atoms. The molecule has 0 aliphatic rings. The lowest BCUT2D eigenvalue weighted by atomic mass is 10.2. The van der Waals surface area contributed by atoms with Gasteiger partial charge in [-0.2, -0.15) is 0 Å². The van der Waals surface area contributed by atoms with Gasteiger partial charge < -0.3 is 9.88 Å². The molecule has 0 radical (unpaired) electrons. The van der Waals surface area contributed by atoms with E-state index < -0.39 is 0 Å². The van der Waals surface area contributed by atoms with Crippen molar-refractivity contribution in [3.8, 4) is 0 Å². The molecule has 0 aliphatic heterocycles. The Labute approximate surface area is 108 Å². The van der Waals surface area contributed by atoms with Crippen molar-refractivity contribution in [3.05, 3.63) is 40.6 Å². The number of aryl methyl sites for hydroxylation is 1. The highest BCUT2D eigenvalue weighted by Gasteiger charge is 2.17. The second-order valence-electron chi connectivity index (χ2n) is 3.98. The van der Waals surface area contributed by atoms with Gasteiger partial charge in [0.2, 0.25) is 0 Å². The largest absolute Gasteiger partial charge is 0.340 e. The van der Waals surface area contributed by atoms with Crippen LogP contribution in [0, 0.1) is 0 Å². The van der Waals surface area contributed by atoms with Gasteiger partial charge in [-0.25, -0.2) is 4.98 Å². The smallest absolute Gasteiger partial charge is 0.0947 e. The van der Waals surface area contributed by atoms with Crippen LogP contribution in [0.4, 0.5) is 0 Å². The Balaban J connectivity index is 2.03. The molecule has 3 rings (SSSR count). The van der Waals surface area contributed by atoms with Gasteiger partial charge >= 0.3 is 0 Å². The SMILES string of the molecule is CNC(c1cn(C)cn1)c1cc2sccc2s1. The summed E-state index contributed by atoms with van der Waals surface area (Å²) < 4.78 is 4.71. The monoisotopic (exact) mass is 263 g/mol. The summed E-state index contributed by atoms with van der Waals surface area (Å²) >= 11 is 3.63.